The monoisotopic (exact) mass is 186 g/mol. The van der Waals surface area contributed by atoms with Gasteiger partial charge in [-0.1, -0.05) is 13.8 Å². The van der Waals surface area contributed by atoms with Crippen molar-refractivity contribution in [2.24, 2.45) is 5.92 Å². The molecule has 0 N–H and O–H groups in total. The first-order valence-electron chi connectivity index (χ1n) is 5.61. The zero-order chi connectivity index (χ0) is 9.73. The predicted octanol–water partition coefficient (Wildman–Crippen LogP) is 2.25. The van der Waals surface area contributed by atoms with E-state index in [9.17, 15) is 0 Å². The van der Waals surface area contributed by atoms with Crippen molar-refractivity contribution in [1.29, 1.82) is 0 Å². The Labute approximate surface area is 82.5 Å². The Morgan fingerprint density at radius 3 is 2.31 bits per heavy atom. The second-order valence-corrected chi connectivity index (χ2v) is 4.69. The third-order valence-electron chi connectivity index (χ3n) is 2.84. The molecule has 78 valence electrons. The predicted molar refractivity (Wildman–Crippen MR) is 55.4 cm³/mol. The average molecular weight is 186 g/mol. The van der Waals surface area contributed by atoms with Gasteiger partial charge in [0, 0.05) is 25.4 Å². The van der Waals surface area contributed by atoms with Gasteiger partial charge in [-0.15, -0.1) is 0 Å². The second kappa shape index (κ2) is 4.97. The molecule has 0 unspecified atom stereocenters. The number of nitrogens with zero attached hydrogens (tertiary/aromatic N) is 1. The molecule has 0 radical (unpaired) electrons. The van der Waals surface area contributed by atoms with E-state index >= 15 is 0 Å². The first-order chi connectivity index (χ1) is 6.18. The lowest BCUT2D eigenvalue weighted by molar-refractivity contribution is -0.937. The lowest BCUT2D eigenvalue weighted by Crippen LogP contribution is -2.49. The Morgan fingerprint density at radius 1 is 1.23 bits per heavy atom. The SMILES string of the molecule is CCOC[N+]1(CC(C)C)CCCC1. The molecule has 13 heavy (non-hydrogen) atoms. The summed E-state index contributed by atoms with van der Waals surface area (Å²) >= 11 is 0. The Bertz CT molecular complexity index is 139. The van der Waals surface area contributed by atoms with Crippen molar-refractivity contribution >= 4 is 0 Å². The van der Waals surface area contributed by atoms with Gasteiger partial charge in [-0.05, 0) is 6.92 Å². The summed E-state index contributed by atoms with van der Waals surface area (Å²) < 4.78 is 6.81. The van der Waals surface area contributed by atoms with E-state index in [1.807, 2.05) is 0 Å². The van der Waals surface area contributed by atoms with Gasteiger partial charge in [0.2, 0.25) is 0 Å². The molecule has 0 spiro atoms. The number of ether oxygens (including phenoxy) is 1. The molecule has 0 aromatic heterocycles. The summed E-state index contributed by atoms with van der Waals surface area (Å²) in [4.78, 5) is 0. The van der Waals surface area contributed by atoms with Crippen LogP contribution in [-0.2, 0) is 4.74 Å². The maximum absolute atomic E-state index is 5.59. The summed E-state index contributed by atoms with van der Waals surface area (Å²) in [6.45, 7) is 12.5. The van der Waals surface area contributed by atoms with Crippen LogP contribution in [0.1, 0.15) is 33.6 Å². The number of rotatable bonds is 5. The third kappa shape index (κ3) is 3.28. The van der Waals surface area contributed by atoms with Gasteiger partial charge < -0.3 is 9.22 Å². The highest BCUT2D eigenvalue weighted by Crippen LogP contribution is 2.21. The van der Waals surface area contributed by atoms with E-state index in [-0.39, 0.29) is 0 Å². The van der Waals surface area contributed by atoms with E-state index < -0.39 is 0 Å². The molecule has 0 aliphatic carbocycles. The zero-order valence-corrected chi connectivity index (χ0v) is 9.38. The highest BCUT2D eigenvalue weighted by Gasteiger charge is 2.32. The van der Waals surface area contributed by atoms with E-state index in [2.05, 4.69) is 20.8 Å². The van der Waals surface area contributed by atoms with Crippen LogP contribution in [0.2, 0.25) is 0 Å². The van der Waals surface area contributed by atoms with Crippen molar-refractivity contribution in [1.82, 2.24) is 0 Å². The normalized spacial score (nSPS) is 21.2. The maximum atomic E-state index is 5.59. The molecule has 1 heterocycles. The summed E-state index contributed by atoms with van der Waals surface area (Å²) in [7, 11) is 0. The van der Waals surface area contributed by atoms with Crippen molar-refractivity contribution in [2.45, 2.75) is 33.6 Å². The highest BCUT2D eigenvalue weighted by molar-refractivity contribution is 4.54. The molecule has 0 aromatic carbocycles. The van der Waals surface area contributed by atoms with E-state index in [4.69, 9.17) is 4.74 Å². The van der Waals surface area contributed by atoms with Gasteiger partial charge in [0.15, 0.2) is 6.73 Å². The van der Waals surface area contributed by atoms with Crippen LogP contribution in [0.3, 0.4) is 0 Å². The Hall–Kier alpha value is -0.0800. The fourth-order valence-electron chi connectivity index (χ4n) is 2.43. The van der Waals surface area contributed by atoms with Gasteiger partial charge in [-0.3, -0.25) is 0 Å². The van der Waals surface area contributed by atoms with Crippen molar-refractivity contribution in [3.05, 3.63) is 0 Å². The molecule has 1 rings (SSSR count). The maximum Gasteiger partial charge on any atom is 0.183 e. The minimum atomic E-state index is 0.790. The second-order valence-electron chi connectivity index (χ2n) is 4.69. The zero-order valence-electron chi connectivity index (χ0n) is 9.38. The van der Waals surface area contributed by atoms with Crippen LogP contribution in [0, 0.1) is 5.92 Å². The van der Waals surface area contributed by atoms with Gasteiger partial charge in [-0.2, -0.15) is 0 Å². The van der Waals surface area contributed by atoms with E-state index in [0.29, 0.717) is 0 Å². The molecule has 0 bridgehead atoms. The topological polar surface area (TPSA) is 9.23 Å². The first kappa shape index (κ1) is 11.0. The van der Waals surface area contributed by atoms with Crippen LogP contribution < -0.4 is 0 Å². The molecule has 1 saturated heterocycles. The molecule has 1 aliphatic heterocycles. The number of hydrogen-bond acceptors (Lipinski definition) is 1. The highest BCUT2D eigenvalue weighted by atomic mass is 16.5. The van der Waals surface area contributed by atoms with Crippen molar-refractivity contribution < 1.29 is 9.22 Å². The molecule has 1 aliphatic rings. The summed E-state index contributed by atoms with van der Waals surface area (Å²) in [5.74, 6) is 0.790. The summed E-state index contributed by atoms with van der Waals surface area (Å²) in [6, 6.07) is 0. The van der Waals surface area contributed by atoms with Crippen molar-refractivity contribution in [3.63, 3.8) is 0 Å². The van der Waals surface area contributed by atoms with Crippen LogP contribution in [0.15, 0.2) is 0 Å². The first-order valence-corrected chi connectivity index (χ1v) is 5.61. The molecular weight excluding hydrogens is 162 g/mol. The molecule has 0 saturated carbocycles. The number of hydrogen-bond donors (Lipinski definition) is 0. The molecule has 0 aromatic rings. The number of likely N-dealkylation sites (tertiary alicyclic amines) is 1. The van der Waals surface area contributed by atoms with Crippen LogP contribution >= 0.6 is 0 Å². The van der Waals surface area contributed by atoms with Gasteiger partial charge in [-0.25, -0.2) is 0 Å². The summed E-state index contributed by atoms with van der Waals surface area (Å²) in [5.41, 5.74) is 0. The van der Waals surface area contributed by atoms with Crippen molar-refractivity contribution in [2.75, 3.05) is 33.0 Å². The molecule has 1 fully saturated rings. The van der Waals surface area contributed by atoms with Crippen LogP contribution in [0.25, 0.3) is 0 Å². The van der Waals surface area contributed by atoms with Gasteiger partial charge in [0.25, 0.3) is 0 Å². The molecule has 0 atom stereocenters. The molecule has 2 heteroatoms. The smallest absolute Gasteiger partial charge is 0.183 e. The standard InChI is InChI=1S/C11H24NO/c1-4-13-10-12(9-11(2)3)7-5-6-8-12/h11H,4-10H2,1-3H3/q+1. The minimum absolute atomic E-state index is 0.790. The minimum Gasteiger partial charge on any atom is -0.332 e. The fourth-order valence-corrected chi connectivity index (χ4v) is 2.43. The van der Waals surface area contributed by atoms with Crippen LogP contribution in [-0.4, -0.2) is 37.5 Å². The lowest BCUT2D eigenvalue weighted by atomic mass is 10.2. The molecule has 2 nitrogen and oxygen atoms in total. The Morgan fingerprint density at radius 2 is 1.85 bits per heavy atom. The van der Waals surface area contributed by atoms with Gasteiger partial charge >= 0.3 is 0 Å². The fraction of sp³-hybridized carbons (Fsp3) is 1.00. The lowest BCUT2D eigenvalue weighted by Gasteiger charge is -2.35. The van der Waals surface area contributed by atoms with Gasteiger partial charge in [0.1, 0.15) is 0 Å². The molecular formula is C11H24NO+. The third-order valence-corrected chi connectivity index (χ3v) is 2.84. The Balaban J connectivity index is 2.42. The summed E-state index contributed by atoms with van der Waals surface area (Å²) in [5, 5.41) is 0. The van der Waals surface area contributed by atoms with Crippen LogP contribution in [0.4, 0.5) is 0 Å². The van der Waals surface area contributed by atoms with E-state index in [1.165, 1.54) is 37.0 Å². The van der Waals surface area contributed by atoms with Crippen LogP contribution in [0.5, 0.6) is 0 Å². The van der Waals surface area contributed by atoms with E-state index in [1.54, 1.807) is 0 Å². The largest absolute Gasteiger partial charge is 0.332 e. The van der Waals surface area contributed by atoms with Gasteiger partial charge in [0.05, 0.1) is 19.6 Å². The number of quaternary nitrogens is 1. The molecule has 0 amide bonds. The Kier molecular flexibility index (Phi) is 4.20. The van der Waals surface area contributed by atoms with E-state index in [0.717, 1.165) is 19.3 Å². The van der Waals surface area contributed by atoms with Crippen molar-refractivity contribution in [3.8, 4) is 0 Å². The average Bonchev–Trinajstić information content (AvgIpc) is 2.49. The summed E-state index contributed by atoms with van der Waals surface area (Å²) in [6.07, 6.45) is 2.78. The quantitative estimate of drug-likeness (QED) is 0.598.